The Kier molecular flexibility index (Phi) is 5.56. The van der Waals surface area contributed by atoms with E-state index in [1.54, 1.807) is 0 Å². The van der Waals surface area contributed by atoms with Crippen LogP contribution in [0, 0.1) is 0 Å². The lowest BCUT2D eigenvalue weighted by Crippen LogP contribution is -2.43. The maximum atomic E-state index is 12.4. The summed E-state index contributed by atoms with van der Waals surface area (Å²) >= 11 is 0. The molecule has 4 heteroatoms. The summed E-state index contributed by atoms with van der Waals surface area (Å²) in [5, 5.41) is 3.26. The molecular weight excluding hydrogens is 252 g/mol. The van der Waals surface area contributed by atoms with Crippen molar-refractivity contribution in [3.05, 3.63) is 29.8 Å². The van der Waals surface area contributed by atoms with Crippen LogP contribution in [-0.2, 0) is 16.1 Å². The third-order valence-corrected chi connectivity index (χ3v) is 3.62. The van der Waals surface area contributed by atoms with E-state index in [2.05, 4.69) is 18.3 Å². The fourth-order valence-electron chi connectivity index (χ4n) is 2.36. The predicted molar refractivity (Wildman–Crippen MR) is 80.8 cm³/mol. The average Bonchev–Trinajstić information content (AvgIpc) is 2.59. The van der Waals surface area contributed by atoms with E-state index in [0.717, 1.165) is 31.7 Å². The monoisotopic (exact) mass is 276 g/mol. The number of amides is 1. The first-order valence-corrected chi connectivity index (χ1v) is 7.44. The smallest absolute Gasteiger partial charge is 0.243 e. The van der Waals surface area contributed by atoms with Gasteiger partial charge in [0.25, 0.3) is 0 Å². The van der Waals surface area contributed by atoms with Crippen LogP contribution in [0.5, 0.6) is 0 Å². The van der Waals surface area contributed by atoms with Gasteiger partial charge in [-0.25, -0.2) is 0 Å². The third-order valence-electron chi connectivity index (χ3n) is 3.62. The number of ether oxygens (including phenoxy) is 1. The summed E-state index contributed by atoms with van der Waals surface area (Å²) in [5.74, 6) is 0.119. The second-order valence-electron chi connectivity index (χ2n) is 5.19. The highest BCUT2D eigenvalue weighted by Crippen LogP contribution is 2.23. The number of para-hydroxylation sites is 1. The molecule has 1 aliphatic heterocycles. The molecule has 1 N–H and O–H groups in total. The van der Waals surface area contributed by atoms with Crippen LogP contribution in [0.2, 0.25) is 0 Å². The first-order chi connectivity index (χ1) is 9.74. The quantitative estimate of drug-likeness (QED) is 0.811. The maximum Gasteiger partial charge on any atom is 0.243 e. The lowest BCUT2D eigenvalue weighted by Gasteiger charge is -2.24. The van der Waals surface area contributed by atoms with Crippen LogP contribution < -0.4 is 10.2 Å². The molecule has 1 atom stereocenters. The van der Waals surface area contributed by atoms with E-state index in [1.165, 1.54) is 5.56 Å². The Morgan fingerprint density at radius 3 is 2.95 bits per heavy atom. The number of carbonyl (C=O) groups is 1. The number of hydrogen-bond acceptors (Lipinski definition) is 3. The molecule has 0 aromatic heterocycles. The van der Waals surface area contributed by atoms with Gasteiger partial charge in [-0.05, 0) is 25.0 Å². The molecule has 1 amide bonds. The van der Waals surface area contributed by atoms with E-state index in [9.17, 15) is 4.79 Å². The van der Waals surface area contributed by atoms with Crippen molar-refractivity contribution in [3.8, 4) is 0 Å². The molecule has 0 spiro atoms. The van der Waals surface area contributed by atoms with Crippen molar-refractivity contribution in [2.75, 3.05) is 24.7 Å². The molecule has 0 saturated carbocycles. The van der Waals surface area contributed by atoms with Crippen LogP contribution in [-0.4, -0.2) is 31.7 Å². The summed E-state index contributed by atoms with van der Waals surface area (Å²) in [4.78, 5) is 14.3. The van der Waals surface area contributed by atoms with Gasteiger partial charge in [0, 0.05) is 25.4 Å². The summed E-state index contributed by atoms with van der Waals surface area (Å²) in [6, 6.07) is 7.92. The number of rotatable bonds is 6. The second kappa shape index (κ2) is 7.41. The van der Waals surface area contributed by atoms with Crippen LogP contribution in [0.3, 0.4) is 0 Å². The van der Waals surface area contributed by atoms with Gasteiger partial charge in [-0.1, -0.05) is 31.5 Å². The molecule has 0 aliphatic carbocycles. The van der Waals surface area contributed by atoms with Crippen LogP contribution in [0.1, 0.15) is 32.3 Å². The number of fused-ring (bicyclic) bond motifs is 1. The van der Waals surface area contributed by atoms with Gasteiger partial charge in [0.1, 0.15) is 0 Å². The Hall–Kier alpha value is -1.39. The Balaban J connectivity index is 2.05. The highest BCUT2D eigenvalue weighted by atomic mass is 16.5. The number of nitrogens with zero attached hydrogens (tertiary/aromatic N) is 1. The summed E-state index contributed by atoms with van der Waals surface area (Å²) < 4.78 is 5.60. The van der Waals surface area contributed by atoms with E-state index in [-0.39, 0.29) is 11.9 Å². The van der Waals surface area contributed by atoms with Crippen molar-refractivity contribution in [1.29, 1.82) is 0 Å². The molecule has 0 fully saturated rings. The zero-order valence-corrected chi connectivity index (χ0v) is 12.4. The number of carbonyl (C=O) groups excluding carboxylic acids is 1. The molecule has 1 aromatic rings. The van der Waals surface area contributed by atoms with Gasteiger partial charge < -0.3 is 15.0 Å². The molecule has 1 unspecified atom stereocenters. The molecule has 0 radical (unpaired) electrons. The summed E-state index contributed by atoms with van der Waals surface area (Å²) in [5.41, 5.74) is 2.17. The van der Waals surface area contributed by atoms with Gasteiger partial charge in [0.2, 0.25) is 5.91 Å². The van der Waals surface area contributed by atoms with Crippen LogP contribution in [0.25, 0.3) is 0 Å². The minimum Gasteiger partial charge on any atom is -0.380 e. The van der Waals surface area contributed by atoms with E-state index < -0.39 is 0 Å². The largest absolute Gasteiger partial charge is 0.380 e. The average molecular weight is 276 g/mol. The lowest BCUT2D eigenvalue weighted by atomic mass is 10.1. The number of nitrogens with one attached hydrogen (secondary N) is 1. The molecule has 1 aromatic carbocycles. The number of hydrogen-bond donors (Lipinski definition) is 1. The minimum atomic E-state index is -0.155. The third kappa shape index (κ3) is 3.58. The summed E-state index contributed by atoms with van der Waals surface area (Å²) in [6.45, 7) is 6.77. The van der Waals surface area contributed by atoms with Crippen molar-refractivity contribution in [1.82, 2.24) is 5.32 Å². The molecule has 1 heterocycles. The first kappa shape index (κ1) is 15.0. The van der Waals surface area contributed by atoms with Gasteiger partial charge in [0.05, 0.1) is 12.6 Å². The Morgan fingerprint density at radius 1 is 1.35 bits per heavy atom. The van der Waals surface area contributed by atoms with E-state index in [4.69, 9.17) is 4.74 Å². The molecule has 0 saturated heterocycles. The van der Waals surface area contributed by atoms with Gasteiger partial charge in [-0.2, -0.15) is 0 Å². The summed E-state index contributed by atoms with van der Waals surface area (Å²) in [7, 11) is 0. The van der Waals surface area contributed by atoms with Gasteiger partial charge >= 0.3 is 0 Å². The van der Waals surface area contributed by atoms with E-state index in [0.29, 0.717) is 13.2 Å². The van der Waals surface area contributed by atoms with Crippen molar-refractivity contribution < 1.29 is 9.53 Å². The normalized spacial score (nSPS) is 18.8. The molecule has 110 valence electrons. The number of unbranched alkanes of at least 4 members (excludes halogenated alkanes) is 1. The van der Waals surface area contributed by atoms with Crippen LogP contribution in [0.4, 0.5) is 5.69 Å². The van der Waals surface area contributed by atoms with Gasteiger partial charge in [-0.3, -0.25) is 4.79 Å². The topological polar surface area (TPSA) is 41.6 Å². The first-order valence-electron chi connectivity index (χ1n) is 7.44. The maximum absolute atomic E-state index is 12.4. The fraction of sp³-hybridized carbons (Fsp3) is 0.562. The SMILES string of the molecule is CCCCOCCN1C(=O)C(C)NCc2ccccc21. The van der Waals surface area contributed by atoms with Crippen molar-refractivity contribution in [3.63, 3.8) is 0 Å². The molecular formula is C16H24N2O2. The molecule has 0 bridgehead atoms. The number of benzene rings is 1. The van der Waals surface area contributed by atoms with E-state index >= 15 is 0 Å². The molecule has 20 heavy (non-hydrogen) atoms. The van der Waals surface area contributed by atoms with Crippen molar-refractivity contribution in [2.24, 2.45) is 0 Å². The Labute approximate surface area is 121 Å². The van der Waals surface area contributed by atoms with Crippen molar-refractivity contribution in [2.45, 2.75) is 39.3 Å². The Bertz CT molecular complexity index is 448. The fourth-order valence-corrected chi connectivity index (χ4v) is 2.36. The standard InChI is InChI=1S/C16H24N2O2/c1-3-4-10-20-11-9-18-15-8-6-5-7-14(15)12-17-13(2)16(18)19/h5-8,13,17H,3-4,9-12H2,1-2H3. The zero-order valence-electron chi connectivity index (χ0n) is 12.4. The molecule has 4 nitrogen and oxygen atoms in total. The number of anilines is 1. The molecule has 2 rings (SSSR count). The predicted octanol–water partition coefficient (Wildman–Crippen LogP) is 2.33. The molecule has 1 aliphatic rings. The summed E-state index contributed by atoms with van der Waals surface area (Å²) in [6.07, 6.45) is 2.20. The highest BCUT2D eigenvalue weighted by Gasteiger charge is 2.26. The van der Waals surface area contributed by atoms with Crippen molar-refractivity contribution >= 4 is 11.6 Å². The van der Waals surface area contributed by atoms with Gasteiger partial charge in [-0.15, -0.1) is 0 Å². The minimum absolute atomic E-state index is 0.119. The second-order valence-corrected chi connectivity index (χ2v) is 5.19. The van der Waals surface area contributed by atoms with Crippen LogP contribution >= 0.6 is 0 Å². The highest BCUT2D eigenvalue weighted by molar-refractivity contribution is 5.98. The van der Waals surface area contributed by atoms with E-state index in [1.807, 2.05) is 30.0 Å². The zero-order chi connectivity index (χ0) is 14.4. The lowest BCUT2D eigenvalue weighted by molar-refractivity contribution is -0.120. The van der Waals surface area contributed by atoms with Crippen LogP contribution in [0.15, 0.2) is 24.3 Å². The Morgan fingerprint density at radius 2 is 2.15 bits per heavy atom. The van der Waals surface area contributed by atoms with Gasteiger partial charge in [0.15, 0.2) is 0 Å².